The molecule has 0 N–H and O–H groups in total. The van der Waals surface area contributed by atoms with E-state index >= 15 is 0 Å². The Morgan fingerprint density at radius 3 is 1.94 bits per heavy atom. The van der Waals surface area contributed by atoms with Crippen LogP contribution in [0.4, 0.5) is 0 Å². The summed E-state index contributed by atoms with van der Waals surface area (Å²) in [5.74, 6) is 3.51. The van der Waals surface area contributed by atoms with Crippen molar-refractivity contribution in [1.82, 2.24) is 0 Å². The normalized spacial score (nSPS) is 23.5. The minimum absolute atomic E-state index is 0.780. The molecular weight excluding hydrogens is 396 g/mol. The second-order valence-electron chi connectivity index (χ2n) is 11.4. The summed E-state index contributed by atoms with van der Waals surface area (Å²) in [5.41, 5.74) is 7.25. The molecule has 0 saturated heterocycles. The first kappa shape index (κ1) is 24.3. The molecule has 0 bridgehead atoms. The predicted octanol–water partition coefficient (Wildman–Crippen LogP) is 10.4. The van der Waals surface area contributed by atoms with Gasteiger partial charge in [-0.1, -0.05) is 101 Å². The molecule has 1 atom stereocenters. The van der Waals surface area contributed by atoms with E-state index in [2.05, 4.69) is 75.4 Å². The number of hydrogen-bond donors (Lipinski definition) is 0. The average Bonchev–Trinajstić information content (AvgIpc) is 2.87. The summed E-state index contributed by atoms with van der Waals surface area (Å²) >= 11 is 0. The van der Waals surface area contributed by atoms with Crippen molar-refractivity contribution in [2.24, 2.45) is 17.8 Å². The van der Waals surface area contributed by atoms with Crippen molar-refractivity contribution in [1.29, 1.82) is 0 Å². The fourth-order valence-corrected chi connectivity index (χ4v) is 6.08. The Hall–Kier alpha value is -1.82. The highest BCUT2D eigenvalue weighted by molar-refractivity contribution is 5.71. The molecule has 0 aliphatic heterocycles. The highest BCUT2D eigenvalue weighted by Gasteiger charge is 2.22. The van der Waals surface area contributed by atoms with Crippen LogP contribution in [0.25, 0.3) is 16.7 Å². The molecule has 0 aromatic heterocycles. The van der Waals surface area contributed by atoms with E-state index in [4.69, 9.17) is 0 Å². The minimum atomic E-state index is 0.780. The molecule has 0 radical (unpaired) electrons. The molecule has 0 heterocycles. The monoisotopic (exact) mass is 442 g/mol. The Morgan fingerprint density at radius 1 is 0.727 bits per heavy atom. The van der Waals surface area contributed by atoms with E-state index in [1.54, 1.807) is 11.1 Å². The van der Waals surface area contributed by atoms with Gasteiger partial charge in [0.05, 0.1) is 0 Å². The van der Waals surface area contributed by atoms with Gasteiger partial charge in [-0.05, 0) is 103 Å². The van der Waals surface area contributed by atoms with Gasteiger partial charge in [-0.25, -0.2) is 0 Å². The molecule has 2 aromatic rings. The van der Waals surface area contributed by atoms with E-state index in [0.29, 0.717) is 0 Å². The molecule has 0 nitrogen and oxygen atoms in total. The van der Waals surface area contributed by atoms with Crippen LogP contribution in [0, 0.1) is 17.8 Å². The van der Waals surface area contributed by atoms with E-state index in [0.717, 1.165) is 23.7 Å². The fraction of sp³-hybridized carbons (Fsp3) is 0.576. The maximum absolute atomic E-state index is 2.52. The highest BCUT2D eigenvalue weighted by Crippen LogP contribution is 2.38. The number of rotatable bonds is 9. The van der Waals surface area contributed by atoms with Gasteiger partial charge in [-0.2, -0.15) is 0 Å². The molecule has 0 spiro atoms. The second-order valence-corrected chi connectivity index (χ2v) is 11.4. The van der Waals surface area contributed by atoms with Crippen molar-refractivity contribution in [3.63, 3.8) is 0 Å². The lowest BCUT2D eigenvalue weighted by atomic mass is 9.77. The van der Waals surface area contributed by atoms with Gasteiger partial charge in [-0.3, -0.25) is 0 Å². The molecule has 178 valence electrons. The number of benzene rings is 2. The van der Waals surface area contributed by atoms with Gasteiger partial charge in [0.1, 0.15) is 0 Å². The lowest BCUT2D eigenvalue weighted by Gasteiger charge is -2.29. The molecule has 2 aliphatic carbocycles. The van der Waals surface area contributed by atoms with Crippen molar-refractivity contribution in [3.8, 4) is 11.1 Å². The molecular formula is C33H46. The van der Waals surface area contributed by atoms with Crippen molar-refractivity contribution in [3.05, 3.63) is 65.7 Å². The first-order chi connectivity index (χ1) is 16.1. The summed E-state index contributed by atoms with van der Waals surface area (Å²) in [5, 5.41) is 0. The molecule has 1 unspecified atom stereocenters. The lowest BCUT2D eigenvalue weighted by molar-refractivity contribution is 0.304. The molecule has 2 aromatic carbocycles. The van der Waals surface area contributed by atoms with Crippen LogP contribution in [0.2, 0.25) is 0 Å². The van der Waals surface area contributed by atoms with Crippen LogP contribution in [0.15, 0.2) is 54.6 Å². The molecule has 2 aliphatic rings. The topological polar surface area (TPSA) is 0 Å². The van der Waals surface area contributed by atoms with Gasteiger partial charge in [0.2, 0.25) is 0 Å². The second kappa shape index (κ2) is 12.0. The Morgan fingerprint density at radius 2 is 1.36 bits per heavy atom. The van der Waals surface area contributed by atoms with Crippen LogP contribution in [0.5, 0.6) is 0 Å². The number of hydrogen-bond acceptors (Lipinski definition) is 0. The fourth-order valence-electron chi connectivity index (χ4n) is 6.08. The quantitative estimate of drug-likeness (QED) is 0.362. The van der Waals surface area contributed by atoms with Crippen LogP contribution in [-0.2, 0) is 0 Å². The largest absolute Gasteiger partial charge is 0.0804 e. The summed E-state index contributed by atoms with van der Waals surface area (Å²) in [7, 11) is 0. The lowest BCUT2D eigenvalue weighted by Crippen LogP contribution is -2.13. The summed E-state index contributed by atoms with van der Waals surface area (Å²) in [6.45, 7) is 7.01. The standard InChI is InChI=1S/C33H46/c1-4-5-6-26-9-13-28(14-10-26)30-17-21-32(22-18-30)33-23-19-31(20-24-33)29-15-11-27(12-16-29)8-7-25(2)3/h15,17-28H,4-14,16H2,1-3H3/t26-,27?,28-. The van der Waals surface area contributed by atoms with E-state index in [1.807, 2.05) is 0 Å². The van der Waals surface area contributed by atoms with Crippen molar-refractivity contribution in [2.45, 2.75) is 104 Å². The Balaban J connectivity index is 1.31. The van der Waals surface area contributed by atoms with Crippen LogP contribution in [0.1, 0.15) is 115 Å². The first-order valence-corrected chi connectivity index (χ1v) is 14.0. The van der Waals surface area contributed by atoms with Gasteiger partial charge in [-0.15, -0.1) is 0 Å². The SMILES string of the molecule is CCCC[C@H]1CC[C@H](c2ccc(-c3ccc(C4=CCC(CCC(C)C)CC4)cc3)cc2)CC1. The van der Waals surface area contributed by atoms with Crippen LogP contribution >= 0.6 is 0 Å². The zero-order valence-corrected chi connectivity index (χ0v) is 21.5. The van der Waals surface area contributed by atoms with Crippen molar-refractivity contribution < 1.29 is 0 Å². The maximum Gasteiger partial charge on any atom is -0.0162 e. The van der Waals surface area contributed by atoms with Crippen LogP contribution in [0.3, 0.4) is 0 Å². The minimum Gasteiger partial charge on any atom is -0.0804 e. The molecule has 1 saturated carbocycles. The van der Waals surface area contributed by atoms with E-state index in [9.17, 15) is 0 Å². The van der Waals surface area contributed by atoms with Gasteiger partial charge < -0.3 is 0 Å². The Labute approximate surface area is 203 Å². The molecule has 33 heavy (non-hydrogen) atoms. The number of unbranched alkanes of at least 4 members (excludes halogenated alkanes) is 1. The van der Waals surface area contributed by atoms with Crippen LogP contribution < -0.4 is 0 Å². The van der Waals surface area contributed by atoms with Crippen molar-refractivity contribution in [2.75, 3.05) is 0 Å². The smallest absolute Gasteiger partial charge is 0.0162 e. The summed E-state index contributed by atoms with van der Waals surface area (Å²) in [6.07, 6.45) is 19.0. The molecule has 4 rings (SSSR count). The zero-order chi connectivity index (χ0) is 23.0. The Bertz CT molecular complexity index is 859. The third kappa shape index (κ3) is 6.84. The number of allylic oxidation sites excluding steroid dienone is 2. The van der Waals surface area contributed by atoms with Gasteiger partial charge >= 0.3 is 0 Å². The van der Waals surface area contributed by atoms with Gasteiger partial charge in [0, 0.05) is 0 Å². The first-order valence-electron chi connectivity index (χ1n) is 14.0. The highest BCUT2D eigenvalue weighted by atomic mass is 14.3. The summed E-state index contributed by atoms with van der Waals surface area (Å²) in [4.78, 5) is 0. The van der Waals surface area contributed by atoms with E-state index < -0.39 is 0 Å². The summed E-state index contributed by atoms with van der Waals surface area (Å²) < 4.78 is 0. The van der Waals surface area contributed by atoms with E-state index in [-0.39, 0.29) is 0 Å². The molecule has 0 amide bonds. The van der Waals surface area contributed by atoms with Crippen LogP contribution in [-0.4, -0.2) is 0 Å². The Kier molecular flexibility index (Phi) is 8.88. The molecule has 1 fully saturated rings. The van der Waals surface area contributed by atoms with Gasteiger partial charge in [0.25, 0.3) is 0 Å². The predicted molar refractivity (Wildman–Crippen MR) is 145 cm³/mol. The maximum atomic E-state index is 2.52. The van der Waals surface area contributed by atoms with Gasteiger partial charge in [0.15, 0.2) is 0 Å². The molecule has 0 heteroatoms. The summed E-state index contributed by atoms with van der Waals surface area (Å²) in [6, 6.07) is 18.9. The zero-order valence-electron chi connectivity index (χ0n) is 21.5. The van der Waals surface area contributed by atoms with E-state index in [1.165, 1.54) is 93.7 Å². The van der Waals surface area contributed by atoms with Crippen molar-refractivity contribution >= 4 is 5.57 Å². The third-order valence-electron chi connectivity index (χ3n) is 8.46. The third-order valence-corrected chi connectivity index (χ3v) is 8.46. The average molecular weight is 443 g/mol.